The Labute approximate surface area is 66.6 Å². The molecule has 0 aliphatic heterocycles. The predicted molar refractivity (Wildman–Crippen MR) is 36.7 cm³/mol. The van der Waals surface area contributed by atoms with Crippen LogP contribution in [0.5, 0.6) is 0 Å². The second kappa shape index (κ2) is 5.61. The Morgan fingerprint density at radius 2 is 2.40 bits per heavy atom. The molecule has 0 amide bonds. The highest BCUT2D eigenvalue weighted by atomic mass is 79.9. The minimum absolute atomic E-state index is 0.139. The van der Waals surface area contributed by atoms with Crippen molar-refractivity contribution >= 4 is 21.9 Å². The van der Waals surface area contributed by atoms with Gasteiger partial charge in [-0.05, 0) is 15.9 Å². The first-order chi connectivity index (χ1) is 4.66. The van der Waals surface area contributed by atoms with Crippen LogP contribution in [-0.2, 0) is 14.3 Å². The van der Waals surface area contributed by atoms with E-state index in [1.807, 2.05) is 0 Å². The molecule has 0 bridgehead atoms. The van der Waals surface area contributed by atoms with Crippen molar-refractivity contribution in [1.29, 1.82) is 0 Å². The van der Waals surface area contributed by atoms with Crippen LogP contribution in [0.25, 0.3) is 0 Å². The SMILES string of the molecule is COCC(=O)OCC(F)Br. The van der Waals surface area contributed by atoms with E-state index in [1.54, 1.807) is 0 Å². The first-order valence-corrected chi connectivity index (χ1v) is 3.51. The summed E-state index contributed by atoms with van der Waals surface area (Å²) < 4.78 is 20.7. The topological polar surface area (TPSA) is 35.5 Å². The van der Waals surface area contributed by atoms with Crippen LogP contribution in [0.2, 0.25) is 0 Å². The number of rotatable bonds is 4. The summed E-state index contributed by atoms with van der Waals surface area (Å²) in [6.45, 7) is -0.415. The zero-order valence-electron chi connectivity index (χ0n) is 5.47. The lowest BCUT2D eigenvalue weighted by Crippen LogP contribution is -2.14. The fourth-order valence-electron chi connectivity index (χ4n) is 0.315. The van der Waals surface area contributed by atoms with Crippen molar-refractivity contribution in [3.05, 3.63) is 0 Å². The average molecular weight is 215 g/mol. The van der Waals surface area contributed by atoms with Crippen LogP contribution in [-0.4, -0.2) is 31.4 Å². The summed E-state index contributed by atoms with van der Waals surface area (Å²) in [6.07, 6.45) is 0. The van der Waals surface area contributed by atoms with Gasteiger partial charge in [0.15, 0.2) is 5.08 Å². The molecule has 0 spiro atoms. The van der Waals surface area contributed by atoms with Crippen LogP contribution < -0.4 is 0 Å². The molecule has 1 unspecified atom stereocenters. The van der Waals surface area contributed by atoms with Crippen molar-refractivity contribution in [3.8, 4) is 0 Å². The molecule has 0 aromatic carbocycles. The van der Waals surface area contributed by atoms with Gasteiger partial charge in [-0.2, -0.15) is 0 Å². The molecule has 0 N–H and O–H groups in total. The summed E-state index contributed by atoms with van der Waals surface area (Å²) >= 11 is 2.57. The molecule has 0 aliphatic rings. The van der Waals surface area contributed by atoms with Crippen LogP contribution >= 0.6 is 15.9 Å². The van der Waals surface area contributed by atoms with Crippen LogP contribution in [0.3, 0.4) is 0 Å². The van der Waals surface area contributed by atoms with Crippen molar-refractivity contribution in [1.82, 2.24) is 0 Å². The first kappa shape index (κ1) is 9.84. The molecular weight excluding hydrogens is 207 g/mol. The van der Waals surface area contributed by atoms with E-state index < -0.39 is 11.1 Å². The maximum absolute atomic E-state index is 11.9. The molecule has 0 aromatic heterocycles. The van der Waals surface area contributed by atoms with E-state index in [2.05, 4.69) is 25.4 Å². The number of carbonyl (C=O) groups is 1. The quantitative estimate of drug-likeness (QED) is 0.515. The number of alkyl halides is 2. The smallest absolute Gasteiger partial charge is 0.332 e. The average Bonchev–Trinajstić information content (AvgIpc) is 1.85. The molecule has 1 atom stereocenters. The van der Waals surface area contributed by atoms with Gasteiger partial charge in [0.05, 0.1) is 0 Å². The molecular formula is C5H8BrFO3. The Morgan fingerprint density at radius 3 is 2.80 bits per heavy atom. The van der Waals surface area contributed by atoms with Gasteiger partial charge in [0.25, 0.3) is 0 Å². The third-order valence-electron chi connectivity index (χ3n) is 0.632. The Morgan fingerprint density at radius 1 is 1.80 bits per heavy atom. The molecule has 5 heteroatoms. The summed E-state index contributed by atoms with van der Waals surface area (Å²) in [5.74, 6) is -0.565. The number of esters is 1. The van der Waals surface area contributed by atoms with E-state index in [0.717, 1.165) is 0 Å². The number of carbonyl (C=O) groups excluding carboxylic acids is 1. The Kier molecular flexibility index (Phi) is 5.52. The fourth-order valence-corrected chi connectivity index (χ4v) is 0.448. The Balaban J connectivity index is 3.22. The lowest BCUT2D eigenvalue weighted by atomic mass is 10.7. The van der Waals surface area contributed by atoms with Crippen LogP contribution in [0.1, 0.15) is 0 Å². The Hall–Kier alpha value is -0.160. The maximum atomic E-state index is 11.9. The number of ether oxygens (including phenoxy) is 2. The van der Waals surface area contributed by atoms with Gasteiger partial charge in [-0.25, -0.2) is 9.18 Å². The largest absolute Gasteiger partial charge is 0.460 e. The van der Waals surface area contributed by atoms with Crippen molar-refractivity contribution < 1.29 is 18.7 Å². The number of methoxy groups -OCH3 is 1. The molecule has 0 heterocycles. The molecule has 0 fully saturated rings. The second-order valence-corrected chi connectivity index (χ2v) is 2.50. The van der Waals surface area contributed by atoms with E-state index in [1.165, 1.54) is 7.11 Å². The monoisotopic (exact) mass is 214 g/mol. The van der Waals surface area contributed by atoms with Gasteiger partial charge in [0, 0.05) is 7.11 Å². The van der Waals surface area contributed by atoms with Crippen LogP contribution in [0.4, 0.5) is 4.39 Å². The highest BCUT2D eigenvalue weighted by Crippen LogP contribution is 2.00. The lowest BCUT2D eigenvalue weighted by molar-refractivity contribution is -0.148. The molecule has 0 aliphatic carbocycles. The van der Waals surface area contributed by atoms with E-state index in [9.17, 15) is 9.18 Å². The second-order valence-electron chi connectivity index (χ2n) is 1.51. The van der Waals surface area contributed by atoms with Crippen molar-refractivity contribution in [3.63, 3.8) is 0 Å². The molecule has 0 saturated heterocycles. The third kappa shape index (κ3) is 5.97. The van der Waals surface area contributed by atoms with Gasteiger partial charge in [-0.3, -0.25) is 0 Å². The zero-order chi connectivity index (χ0) is 7.98. The standard InChI is InChI=1S/C5H8BrFO3/c1-9-3-5(8)10-2-4(6)7/h4H,2-3H2,1H3. The van der Waals surface area contributed by atoms with Gasteiger partial charge in [0.1, 0.15) is 13.2 Å². The molecule has 0 rings (SSSR count). The molecule has 0 radical (unpaired) electrons. The van der Waals surface area contributed by atoms with Crippen molar-refractivity contribution in [2.45, 2.75) is 5.08 Å². The molecule has 0 aromatic rings. The predicted octanol–water partition coefficient (Wildman–Crippen LogP) is 0.867. The minimum Gasteiger partial charge on any atom is -0.460 e. The number of hydrogen-bond donors (Lipinski definition) is 0. The molecule has 10 heavy (non-hydrogen) atoms. The van der Waals surface area contributed by atoms with Crippen LogP contribution in [0.15, 0.2) is 0 Å². The maximum Gasteiger partial charge on any atom is 0.332 e. The van der Waals surface area contributed by atoms with Crippen molar-refractivity contribution in [2.24, 2.45) is 0 Å². The van der Waals surface area contributed by atoms with E-state index in [-0.39, 0.29) is 13.2 Å². The van der Waals surface area contributed by atoms with Gasteiger partial charge >= 0.3 is 5.97 Å². The fraction of sp³-hybridized carbons (Fsp3) is 0.800. The summed E-state index contributed by atoms with van der Waals surface area (Å²) in [4.78, 5) is 10.4. The highest BCUT2D eigenvalue weighted by Gasteiger charge is 2.05. The Bertz CT molecular complexity index is 107. The number of halogens is 2. The first-order valence-electron chi connectivity index (χ1n) is 2.59. The van der Waals surface area contributed by atoms with Gasteiger partial charge in [-0.15, -0.1) is 0 Å². The molecule has 60 valence electrons. The van der Waals surface area contributed by atoms with Crippen LogP contribution in [0, 0.1) is 0 Å². The molecule has 3 nitrogen and oxygen atoms in total. The van der Waals surface area contributed by atoms with Gasteiger partial charge in [-0.1, -0.05) is 0 Å². The van der Waals surface area contributed by atoms with E-state index in [0.29, 0.717) is 0 Å². The highest BCUT2D eigenvalue weighted by molar-refractivity contribution is 9.09. The zero-order valence-corrected chi connectivity index (χ0v) is 7.06. The summed E-state index contributed by atoms with van der Waals surface area (Å²) in [6, 6.07) is 0. The van der Waals surface area contributed by atoms with Crippen molar-refractivity contribution in [2.75, 3.05) is 20.3 Å². The summed E-state index contributed by atoms with van der Waals surface area (Å²) in [7, 11) is 1.36. The summed E-state index contributed by atoms with van der Waals surface area (Å²) in [5.41, 5.74) is 0. The van der Waals surface area contributed by atoms with E-state index in [4.69, 9.17) is 0 Å². The third-order valence-corrected chi connectivity index (χ3v) is 0.897. The summed E-state index contributed by atoms with van der Waals surface area (Å²) in [5, 5.41) is -1.30. The van der Waals surface area contributed by atoms with Gasteiger partial charge in [0.2, 0.25) is 0 Å². The molecule has 0 saturated carbocycles. The normalized spacial score (nSPS) is 12.7. The van der Waals surface area contributed by atoms with E-state index >= 15 is 0 Å². The lowest BCUT2D eigenvalue weighted by Gasteiger charge is -2.02. The minimum atomic E-state index is -1.30. The number of hydrogen-bond acceptors (Lipinski definition) is 3. The van der Waals surface area contributed by atoms with Gasteiger partial charge < -0.3 is 9.47 Å².